The molecule has 1 N–H and O–H groups in total. The Labute approximate surface area is 179 Å². The fourth-order valence-electron chi connectivity index (χ4n) is 3.91. The molecule has 0 amide bonds. The Morgan fingerprint density at radius 2 is 1.78 bits per heavy atom. The highest BCUT2D eigenvalue weighted by atomic mass is 32.2. The molecule has 3 heterocycles. The highest BCUT2D eigenvalue weighted by molar-refractivity contribution is 7.89. The second-order valence-corrected chi connectivity index (χ2v) is 9.22. The van der Waals surface area contributed by atoms with Crippen molar-refractivity contribution in [3.8, 4) is 0 Å². The summed E-state index contributed by atoms with van der Waals surface area (Å²) in [6.07, 6.45) is 1.75. The van der Waals surface area contributed by atoms with Gasteiger partial charge in [-0.25, -0.2) is 31.4 Å². The van der Waals surface area contributed by atoms with Gasteiger partial charge in [-0.1, -0.05) is 0 Å². The van der Waals surface area contributed by atoms with Gasteiger partial charge in [-0.2, -0.15) is 4.31 Å². The molecule has 0 radical (unpaired) electrons. The van der Waals surface area contributed by atoms with Crippen LogP contribution in [-0.4, -0.2) is 51.0 Å². The molecule has 170 valence electrons. The van der Waals surface area contributed by atoms with Gasteiger partial charge in [0.1, 0.15) is 17.3 Å². The Balaban J connectivity index is 1.63. The molecule has 1 fully saturated rings. The number of fused-ring (bicyclic) bond motifs is 1. The fraction of sp³-hybridized carbons (Fsp3) is 0.316. The SMILES string of the molecule is O=C(O)Cn1c(=O)n(C2CCN(S(=O)(=O)c3cc(F)c(F)cc3F)CC2)c2ncccc21. The van der Waals surface area contributed by atoms with Crippen molar-refractivity contribution in [2.75, 3.05) is 13.1 Å². The van der Waals surface area contributed by atoms with Crippen LogP contribution >= 0.6 is 0 Å². The van der Waals surface area contributed by atoms with Crippen LogP contribution in [0.5, 0.6) is 0 Å². The number of carboxylic acids is 1. The number of imidazole rings is 1. The van der Waals surface area contributed by atoms with Crippen LogP contribution in [0.3, 0.4) is 0 Å². The van der Waals surface area contributed by atoms with Gasteiger partial charge >= 0.3 is 11.7 Å². The van der Waals surface area contributed by atoms with E-state index in [1.165, 1.54) is 10.8 Å². The zero-order valence-corrected chi connectivity index (χ0v) is 17.2. The monoisotopic (exact) mass is 470 g/mol. The number of halogens is 3. The normalized spacial score (nSPS) is 16.0. The van der Waals surface area contributed by atoms with Gasteiger partial charge < -0.3 is 5.11 Å². The van der Waals surface area contributed by atoms with E-state index in [4.69, 9.17) is 5.11 Å². The molecule has 3 aromatic rings. The molecular weight excluding hydrogens is 453 g/mol. The van der Waals surface area contributed by atoms with Crippen molar-refractivity contribution in [2.24, 2.45) is 0 Å². The number of nitrogens with zero attached hydrogens (tertiary/aromatic N) is 4. The van der Waals surface area contributed by atoms with Gasteiger partial charge in [0.15, 0.2) is 17.3 Å². The van der Waals surface area contributed by atoms with Crippen LogP contribution in [0.15, 0.2) is 40.2 Å². The summed E-state index contributed by atoms with van der Waals surface area (Å²) in [4.78, 5) is 27.3. The standard InChI is InChI=1S/C19H17F3N4O5S/c20-12-8-14(22)16(9-13(12)21)32(30,31)24-6-3-11(4-7-24)26-18-15(2-1-5-23-18)25(19(26)29)10-17(27)28/h1-2,5,8-9,11H,3-4,6-7,10H2,(H,27,28). The molecule has 0 bridgehead atoms. The Morgan fingerprint density at radius 3 is 2.44 bits per heavy atom. The van der Waals surface area contributed by atoms with Crippen molar-refractivity contribution < 1.29 is 31.5 Å². The van der Waals surface area contributed by atoms with Crippen LogP contribution in [0, 0.1) is 17.5 Å². The van der Waals surface area contributed by atoms with Crippen LogP contribution in [0.1, 0.15) is 18.9 Å². The van der Waals surface area contributed by atoms with Crippen LogP contribution in [0.4, 0.5) is 13.2 Å². The summed E-state index contributed by atoms with van der Waals surface area (Å²) in [6.45, 7) is -0.788. The Bertz CT molecular complexity index is 1380. The van der Waals surface area contributed by atoms with Gasteiger partial charge in [0, 0.05) is 31.4 Å². The van der Waals surface area contributed by atoms with Crippen molar-refractivity contribution >= 4 is 27.2 Å². The number of carbonyl (C=O) groups is 1. The zero-order chi connectivity index (χ0) is 23.2. The number of rotatable bonds is 5. The summed E-state index contributed by atoms with van der Waals surface area (Å²) in [5, 5.41) is 9.12. The lowest BCUT2D eigenvalue weighted by atomic mass is 10.1. The molecule has 1 aromatic carbocycles. The lowest BCUT2D eigenvalue weighted by Gasteiger charge is -2.31. The topological polar surface area (TPSA) is 114 Å². The molecule has 0 atom stereocenters. The average molecular weight is 470 g/mol. The van der Waals surface area contributed by atoms with Gasteiger partial charge in [0.2, 0.25) is 10.0 Å². The molecular formula is C19H17F3N4O5S. The number of carboxylic acid groups (broad SMARTS) is 1. The third-order valence-corrected chi connectivity index (χ3v) is 7.31. The van der Waals surface area contributed by atoms with Crippen molar-refractivity contribution in [3.63, 3.8) is 0 Å². The molecule has 0 saturated carbocycles. The molecule has 0 aliphatic carbocycles. The first-order valence-corrected chi connectivity index (χ1v) is 11.0. The van der Waals surface area contributed by atoms with E-state index in [0.717, 1.165) is 8.87 Å². The highest BCUT2D eigenvalue weighted by Gasteiger charge is 2.34. The number of hydrogen-bond acceptors (Lipinski definition) is 5. The van der Waals surface area contributed by atoms with Crippen LogP contribution < -0.4 is 5.69 Å². The Hall–Kier alpha value is -3.19. The van der Waals surface area contributed by atoms with Crippen molar-refractivity contribution in [3.05, 3.63) is 58.4 Å². The molecule has 9 nitrogen and oxygen atoms in total. The van der Waals surface area contributed by atoms with Gasteiger partial charge in [0.05, 0.1) is 5.52 Å². The second kappa shape index (κ2) is 8.06. The minimum absolute atomic E-state index is 0.115. The average Bonchev–Trinajstić information content (AvgIpc) is 3.02. The predicted molar refractivity (Wildman–Crippen MR) is 105 cm³/mol. The first-order chi connectivity index (χ1) is 15.1. The van der Waals surface area contributed by atoms with E-state index >= 15 is 0 Å². The lowest BCUT2D eigenvalue weighted by molar-refractivity contribution is -0.137. The first kappa shape index (κ1) is 22.0. The Morgan fingerprint density at radius 1 is 1.12 bits per heavy atom. The van der Waals surface area contributed by atoms with E-state index < -0.39 is 56.6 Å². The second-order valence-electron chi connectivity index (χ2n) is 7.31. The zero-order valence-electron chi connectivity index (χ0n) is 16.4. The number of hydrogen-bond donors (Lipinski definition) is 1. The van der Waals surface area contributed by atoms with Crippen LogP contribution in [0.25, 0.3) is 11.2 Å². The quantitative estimate of drug-likeness (QED) is 0.568. The lowest BCUT2D eigenvalue weighted by Crippen LogP contribution is -2.41. The first-order valence-electron chi connectivity index (χ1n) is 9.53. The molecule has 13 heteroatoms. The summed E-state index contributed by atoms with van der Waals surface area (Å²) in [5.74, 6) is -5.58. The van der Waals surface area contributed by atoms with Crippen molar-refractivity contribution in [1.29, 1.82) is 0 Å². The third-order valence-electron chi connectivity index (χ3n) is 5.40. The number of aromatic nitrogens is 3. The highest BCUT2D eigenvalue weighted by Crippen LogP contribution is 2.29. The third kappa shape index (κ3) is 3.66. The molecule has 4 rings (SSSR count). The van der Waals surface area contributed by atoms with E-state index in [0.29, 0.717) is 11.6 Å². The predicted octanol–water partition coefficient (Wildman–Crippen LogP) is 1.73. The number of piperidine rings is 1. The van der Waals surface area contributed by atoms with Gasteiger partial charge in [-0.3, -0.25) is 13.9 Å². The number of pyridine rings is 1. The molecule has 2 aromatic heterocycles. The van der Waals surface area contributed by atoms with E-state index in [1.807, 2.05) is 0 Å². The summed E-state index contributed by atoms with van der Waals surface area (Å²) >= 11 is 0. The largest absolute Gasteiger partial charge is 0.480 e. The van der Waals surface area contributed by atoms with Crippen LogP contribution in [0.2, 0.25) is 0 Å². The maximum Gasteiger partial charge on any atom is 0.331 e. The summed E-state index contributed by atoms with van der Waals surface area (Å²) < 4.78 is 69.6. The van der Waals surface area contributed by atoms with Gasteiger partial charge in [-0.05, 0) is 31.0 Å². The fourth-order valence-corrected chi connectivity index (χ4v) is 5.43. The minimum atomic E-state index is -4.44. The minimum Gasteiger partial charge on any atom is -0.480 e. The molecule has 0 unspecified atom stereocenters. The maximum absolute atomic E-state index is 14.0. The van der Waals surface area contributed by atoms with Crippen LogP contribution in [-0.2, 0) is 21.4 Å². The molecule has 1 aliphatic heterocycles. The summed E-state index contributed by atoms with van der Waals surface area (Å²) in [5.41, 5.74) is 0.0135. The van der Waals surface area contributed by atoms with E-state index in [-0.39, 0.29) is 37.6 Å². The van der Waals surface area contributed by atoms with Crippen molar-refractivity contribution in [2.45, 2.75) is 30.3 Å². The number of benzene rings is 1. The van der Waals surface area contributed by atoms with E-state index in [1.54, 1.807) is 12.1 Å². The molecule has 32 heavy (non-hydrogen) atoms. The smallest absolute Gasteiger partial charge is 0.331 e. The maximum atomic E-state index is 14.0. The van der Waals surface area contributed by atoms with Gasteiger partial charge in [0.25, 0.3) is 0 Å². The Kier molecular flexibility index (Phi) is 5.54. The van der Waals surface area contributed by atoms with Crippen molar-refractivity contribution in [1.82, 2.24) is 18.4 Å². The summed E-state index contributed by atoms with van der Waals surface area (Å²) in [7, 11) is -4.44. The number of sulfonamides is 1. The molecule has 1 aliphatic rings. The molecule has 0 spiro atoms. The van der Waals surface area contributed by atoms with E-state index in [2.05, 4.69) is 4.98 Å². The van der Waals surface area contributed by atoms with E-state index in [9.17, 15) is 31.2 Å². The van der Waals surface area contributed by atoms with Gasteiger partial charge in [-0.15, -0.1) is 0 Å². The molecule has 1 saturated heterocycles. The number of aliphatic carboxylic acids is 1. The summed E-state index contributed by atoms with van der Waals surface area (Å²) in [6, 6.07) is 3.12.